The van der Waals surface area contributed by atoms with E-state index in [9.17, 15) is 8.42 Å². The summed E-state index contributed by atoms with van der Waals surface area (Å²) >= 11 is 0. The van der Waals surface area contributed by atoms with Crippen LogP contribution in [0, 0.1) is 5.92 Å². The number of rotatable bonds is 8. The number of hydrogen-bond donors (Lipinski definition) is 2. The second-order valence-corrected chi connectivity index (χ2v) is 7.19. The first kappa shape index (κ1) is 17.1. The van der Waals surface area contributed by atoms with Crippen molar-refractivity contribution in [2.45, 2.75) is 51.6 Å². The van der Waals surface area contributed by atoms with E-state index in [1.54, 1.807) is 18.2 Å². The maximum Gasteiger partial charge on any atom is 0.240 e. The van der Waals surface area contributed by atoms with Gasteiger partial charge in [0.25, 0.3) is 0 Å². The van der Waals surface area contributed by atoms with Crippen molar-refractivity contribution in [3.8, 4) is 0 Å². The zero-order chi connectivity index (χ0) is 15.2. The Morgan fingerprint density at radius 3 is 2.50 bits per heavy atom. The second-order valence-electron chi connectivity index (χ2n) is 5.48. The summed E-state index contributed by atoms with van der Waals surface area (Å²) < 4.78 is 27.3. The first-order chi connectivity index (χ1) is 9.36. The zero-order valence-corrected chi connectivity index (χ0v) is 13.6. The Bertz CT molecular complexity index is 512. The molecule has 0 saturated carbocycles. The van der Waals surface area contributed by atoms with Crippen LogP contribution in [0.2, 0.25) is 0 Å². The Labute approximate surface area is 123 Å². The highest BCUT2D eigenvalue weighted by molar-refractivity contribution is 7.89. The van der Waals surface area contributed by atoms with E-state index in [0.717, 1.165) is 18.5 Å². The molecule has 114 valence electrons. The molecular formula is C15H26N2O2S. The van der Waals surface area contributed by atoms with Crippen LogP contribution in [-0.2, 0) is 16.6 Å². The van der Waals surface area contributed by atoms with Gasteiger partial charge in [0.15, 0.2) is 0 Å². The van der Waals surface area contributed by atoms with Crippen LogP contribution in [0.25, 0.3) is 0 Å². The molecule has 0 aliphatic carbocycles. The van der Waals surface area contributed by atoms with Gasteiger partial charge in [0.05, 0.1) is 4.90 Å². The molecule has 0 aliphatic heterocycles. The van der Waals surface area contributed by atoms with Crippen LogP contribution in [0.15, 0.2) is 29.2 Å². The minimum atomic E-state index is -3.44. The zero-order valence-electron chi connectivity index (χ0n) is 12.8. The molecule has 0 aliphatic rings. The molecule has 1 aromatic rings. The quantitative estimate of drug-likeness (QED) is 0.725. The van der Waals surface area contributed by atoms with Crippen LogP contribution in [0.5, 0.6) is 0 Å². The van der Waals surface area contributed by atoms with Crippen molar-refractivity contribution >= 4 is 10.0 Å². The minimum Gasteiger partial charge on any atom is -0.313 e. The molecular weight excluding hydrogens is 272 g/mol. The highest BCUT2D eigenvalue weighted by Gasteiger charge is 2.19. The molecule has 0 radical (unpaired) electrons. The topological polar surface area (TPSA) is 58.2 Å². The van der Waals surface area contributed by atoms with Crippen molar-refractivity contribution in [1.82, 2.24) is 10.0 Å². The van der Waals surface area contributed by atoms with E-state index in [-0.39, 0.29) is 12.0 Å². The summed E-state index contributed by atoms with van der Waals surface area (Å²) in [6.45, 7) is 9.60. The Kier molecular flexibility index (Phi) is 6.65. The van der Waals surface area contributed by atoms with E-state index < -0.39 is 10.0 Å². The molecule has 2 N–H and O–H groups in total. The van der Waals surface area contributed by atoms with Gasteiger partial charge in [-0.15, -0.1) is 0 Å². The third kappa shape index (κ3) is 5.23. The van der Waals surface area contributed by atoms with Crippen molar-refractivity contribution in [3.63, 3.8) is 0 Å². The molecule has 0 amide bonds. The van der Waals surface area contributed by atoms with Gasteiger partial charge in [0.1, 0.15) is 0 Å². The van der Waals surface area contributed by atoms with Crippen molar-refractivity contribution in [1.29, 1.82) is 0 Å². The van der Waals surface area contributed by atoms with Crippen molar-refractivity contribution in [3.05, 3.63) is 29.8 Å². The van der Waals surface area contributed by atoms with Crippen LogP contribution >= 0.6 is 0 Å². The van der Waals surface area contributed by atoms with Gasteiger partial charge in [0.2, 0.25) is 10.0 Å². The van der Waals surface area contributed by atoms with Crippen molar-refractivity contribution in [2.24, 2.45) is 5.92 Å². The Morgan fingerprint density at radius 2 is 1.90 bits per heavy atom. The highest BCUT2D eigenvalue weighted by atomic mass is 32.2. The minimum absolute atomic E-state index is 0.0816. The van der Waals surface area contributed by atoms with Crippen molar-refractivity contribution in [2.75, 3.05) is 6.54 Å². The number of benzene rings is 1. The maximum atomic E-state index is 12.3. The van der Waals surface area contributed by atoms with E-state index in [4.69, 9.17) is 0 Å². The number of sulfonamides is 1. The standard InChI is InChI=1S/C15H26N2O2S/c1-5-9-16-11-14-7-6-8-15(10-14)20(18,19)17-13(4)12(2)3/h6-8,10,12-13,16-17H,5,9,11H2,1-4H3. The van der Waals surface area contributed by atoms with Gasteiger partial charge < -0.3 is 5.32 Å². The van der Waals surface area contributed by atoms with Crippen LogP contribution in [-0.4, -0.2) is 21.0 Å². The predicted octanol–water partition coefficient (Wildman–Crippen LogP) is 2.51. The summed E-state index contributed by atoms with van der Waals surface area (Å²) in [6.07, 6.45) is 1.06. The van der Waals surface area contributed by atoms with Crippen molar-refractivity contribution < 1.29 is 8.42 Å². The molecule has 1 atom stereocenters. The smallest absolute Gasteiger partial charge is 0.240 e. The van der Waals surface area contributed by atoms with Gasteiger partial charge in [-0.25, -0.2) is 13.1 Å². The molecule has 0 spiro atoms. The fourth-order valence-corrected chi connectivity index (χ4v) is 3.14. The third-order valence-electron chi connectivity index (χ3n) is 3.31. The summed E-state index contributed by atoms with van der Waals surface area (Å²) in [5.74, 6) is 0.263. The fraction of sp³-hybridized carbons (Fsp3) is 0.600. The molecule has 1 unspecified atom stereocenters. The molecule has 1 aromatic carbocycles. The van der Waals surface area contributed by atoms with Gasteiger partial charge in [-0.3, -0.25) is 0 Å². The summed E-state index contributed by atoms with van der Waals surface area (Å²) in [7, 11) is -3.44. The largest absolute Gasteiger partial charge is 0.313 e. The van der Waals surface area contributed by atoms with Crippen LogP contribution < -0.4 is 10.0 Å². The molecule has 5 heteroatoms. The SMILES string of the molecule is CCCNCc1cccc(S(=O)(=O)NC(C)C(C)C)c1. The lowest BCUT2D eigenvalue weighted by Crippen LogP contribution is -2.36. The molecule has 0 fully saturated rings. The average Bonchev–Trinajstić information content (AvgIpc) is 2.39. The normalized spacial score (nSPS) is 13.7. The van der Waals surface area contributed by atoms with Gasteiger partial charge in [-0.1, -0.05) is 32.9 Å². The Hall–Kier alpha value is -0.910. The molecule has 4 nitrogen and oxygen atoms in total. The number of hydrogen-bond acceptors (Lipinski definition) is 3. The lowest BCUT2D eigenvalue weighted by molar-refractivity contribution is 0.476. The van der Waals surface area contributed by atoms with Gasteiger partial charge in [-0.05, 0) is 43.5 Å². The lowest BCUT2D eigenvalue weighted by Gasteiger charge is -2.17. The van der Waals surface area contributed by atoms with Gasteiger partial charge in [-0.2, -0.15) is 0 Å². The van der Waals surface area contributed by atoms with Gasteiger partial charge in [0, 0.05) is 12.6 Å². The highest BCUT2D eigenvalue weighted by Crippen LogP contribution is 2.13. The maximum absolute atomic E-state index is 12.3. The molecule has 20 heavy (non-hydrogen) atoms. The molecule has 0 aromatic heterocycles. The number of nitrogens with one attached hydrogen (secondary N) is 2. The predicted molar refractivity (Wildman–Crippen MR) is 83.1 cm³/mol. The Morgan fingerprint density at radius 1 is 1.20 bits per heavy atom. The molecule has 1 rings (SSSR count). The molecule has 0 saturated heterocycles. The second kappa shape index (κ2) is 7.76. The monoisotopic (exact) mass is 298 g/mol. The third-order valence-corrected chi connectivity index (χ3v) is 4.86. The van der Waals surface area contributed by atoms with E-state index in [1.165, 1.54) is 0 Å². The molecule has 0 bridgehead atoms. The summed E-state index contributed by atoms with van der Waals surface area (Å²) in [4.78, 5) is 0.334. The van der Waals surface area contributed by atoms with Gasteiger partial charge >= 0.3 is 0 Å². The first-order valence-electron chi connectivity index (χ1n) is 7.18. The van der Waals surface area contributed by atoms with Crippen LogP contribution in [0.3, 0.4) is 0 Å². The summed E-state index contributed by atoms with van der Waals surface area (Å²) in [5.41, 5.74) is 0.985. The van der Waals surface area contributed by atoms with E-state index >= 15 is 0 Å². The van der Waals surface area contributed by atoms with E-state index in [0.29, 0.717) is 11.4 Å². The van der Waals surface area contributed by atoms with Crippen LogP contribution in [0.4, 0.5) is 0 Å². The first-order valence-corrected chi connectivity index (χ1v) is 8.67. The average molecular weight is 298 g/mol. The fourth-order valence-electron chi connectivity index (χ4n) is 1.68. The molecule has 0 heterocycles. The summed E-state index contributed by atoms with van der Waals surface area (Å²) in [5, 5.41) is 3.27. The Balaban J connectivity index is 2.82. The van der Waals surface area contributed by atoms with Crippen LogP contribution in [0.1, 0.15) is 39.7 Å². The summed E-state index contributed by atoms with van der Waals surface area (Å²) in [6, 6.07) is 7.02. The van der Waals surface area contributed by atoms with E-state index in [2.05, 4.69) is 17.0 Å². The lowest BCUT2D eigenvalue weighted by atomic mass is 10.1. The van der Waals surface area contributed by atoms with E-state index in [1.807, 2.05) is 26.8 Å².